The van der Waals surface area contributed by atoms with Crippen molar-refractivity contribution in [2.75, 3.05) is 6.54 Å². The normalized spacial score (nSPS) is 14.5. The lowest BCUT2D eigenvalue weighted by Gasteiger charge is -2.22. The van der Waals surface area contributed by atoms with E-state index in [0.29, 0.717) is 34.9 Å². The molecule has 22 heavy (non-hydrogen) atoms. The second-order valence-electron chi connectivity index (χ2n) is 5.33. The fourth-order valence-corrected chi connectivity index (χ4v) is 2.89. The van der Waals surface area contributed by atoms with Gasteiger partial charge in [0.15, 0.2) is 0 Å². The van der Waals surface area contributed by atoms with Crippen LogP contribution in [0.1, 0.15) is 22.3 Å². The summed E-state index contributed by atoms with van der Waals surface area (Å²) in [6, 6.07) is 16.9. The molecule has 0 fully saturated rings. The van der Waals surface area contributed by atoms with Crippen molar-refractivity contribution in [1.82, 2.24) is 4.90 Å². The molecule has 1 aliphatic rings. The Balaban J connectivity index is 1.87. The molecule has 2 N–H and O–H groups in total. The first-order valence-electron chi connectivity index (χ1n) is 7.23. The molecule has 3 rings (SSSR count). The minimum Gasteiger partial charge on any atom is -0.400 e. The van der Waals surface area contributed by atoms with E-state index in [4.69, 9.17) is 17.3 Å². The van der Waals surface area contributed by atoms with E-state index >= 15 is 0 Å². The molecule has 3 nitrogen and oxygen atoms in total. The molecule has 0 radical (unpaired) electrons. The Morgan fingerprint density at radius 2 is 1.77 bits per heavy atom. The van der Waals surface area contributed by atoms with Crippen LogP contribution in [0.5, 0.6) is 0 Å². The summed E-state index contributed by atoms with van der Waals surface area (Å²) in [6.45, 7) is 1.33. The van der Waals surface area contributed by atoms with Crippen molar-refractivity contribution in [3.05, 3.63) is 82.1 Å². The Labute approximate surface area is 135 Å². The molecule has 1 heterocycles. The largest absolute Gasteiger partial charge is 0.400 e. The van der Waals surface area contributed by atoms with Crippen LogP contribution in [-0.2, 0) is 6.54 Å². The molecule has 0 amide bonds. The van der Waals surface area contributed by atoms with Crippen molar-refractivity contribution in [3.8, 4) is 0 Å². The third kappa shape index (κ3) is 2.85. The van der Waals surface area contributed by atoms with E-state index < -0.39 is 0 Å². The second-order valence-corrected chi connectivity index (χ2v) is 5.74. The molecule has 0 aliphatic carbocycles. The SMILES string of the molecule is NC1=C(C(=O)c2ccccc2)N(Cc2ccccc2Cl)CC1. The third-order valence-corrected chi connectivity index (χ3v) is 4.21. The highest BCUT2D eigenvalue weighted by Crippen LogP contribution is 2.27. The van der Waals surface area contributed by atoms with Gasteiger partial charge in [0, 0.05) is 35.8 Å². The standard InChI is InChI=1S/C18H17ClN2O/c19-15-9-5-4-8-14(15)12-21-11-10-16(20)17(21)18(22)13-6-2-1-3-7-13/h1-9H,10-12,20H2. The Morgan fingerprint density at radius 1 is 1.09 bits per heavy atom. The van der Waals surface area contributed by atoms with E-state index in [9.17, 15) is 4.79 Å². The summed E-state index contributed by atoms with van der Waals surface area (Å²) in [6.07, 6.45) is 0.707. The number of rotatable bonds is 4. The molecule has 2 aromatic carbocycles. The first-order valence-corrected chi connectivity index (χ1v) is 7.61. The number of hydrogen-bond acceptors (Lipinski definition) is 3. The molecule has 0 atom stereocenters. The summed E-state index contributed by atoms with van der Waals surface area (Å²) in [5.41, 5.74) is 9.00. The number of halogens is 1. The van der Waals surface area contributed by atoms with E-state index in [1.165, 1.54) is 0 Å². The maximum absolute atomic E-state index is 12.7. The average Bonchev–Trinajstić information content (AvgIpc) is 2.90. The number of benzene rings is 2. The van der Waals surface area contributed by atoms with Crippen LogP contribution in [-0.4, -0.2) is 17.2 Å². The van der Waals surface area contributed by atoms with Gasteiger partial charge >= 0.3 is 0 Å². The van der Waals surface area contributed by atoms with Gasteiger partial charge in [-0.15, -0.1) is 0 Å². The van der Waals surface area contributed by atoms with Crippen LogP contribution in [0.25, 0.3) is 0 Å². The maximum atomic E-state index is 12.7. The zero-order valence-corrected chi connectivity index (χ0v) is 12.9. The summed E-state index contributed by atoms with van der Waals surface area (Å²) >= 11 is 6.22. The molecule has 0 aromatic heterocycles. The topological polar surface area (TPSA) is 46.3 Å². The highest BCUT2D eigenvalue weighted by Gasteiger charge is 2.27. The predicted octanol–water partition coefficient (Wildman–Crippen LogP) is 3.60. The monoisotopic (exact) mass is 312 g/mol. The quantitative estimate of drug-likeness (QED) is 0.877. The summed E-state index contributed by atoms with van der Waals surface area (Å²) in [5, 5.41) is 0.708. The van der Waals surface area contributed by atoms with Crippen LogP contribution < -0.4 is 5.73 Å². The van der Waals surface area contributed by atoms with Crippen molar-refractivity contribution in [3.63, 3.8) is 0 Å². The van der Waals surface area contributed by atoms with Gasteiger partial charge in [-0.2, -0.15) is 0 Å². The zero-order valence-electron chi connectivity index (χ0n) is 12.1. The lowest BCUT2D eigenvalue weighted by atomic mass is 10.1. The first kappa shape index (κ1) is 14.7. The van der Waals surface area contributed by atoms with Gasteiger partial charge in [0.2, 0.25) is 5.78 Å². The van der Waals surface area contributed by atoms with E-state index in [1.54, 1.807) is 0 Å². The number of ketones is 1. The van der Waals surface area contributed by atoms with Gasteiger partial charge in [0.25, 0.3) is 0 Å². The summed E-state index contributed by atoms with van der Waals surface area (Å²) in [4.78, 5) is 14.8. The Bertz CT molecular complexity index is 725. The maximum Gasteiger partial charge on any atom is 0.210 e. The molecule has 1 aliphatic heterocycles. The Hall–Kier alpha value is -2.26. The molecule has 0 saturated carbocycles. The summed E-state index contributed by atoms with van der Waals surface area (Å²) < 4.78 is 0. The molecule has 112 valence electrons. The Kier molecular flexibility index (Phi) is 4.16. The highest BCUT2D eigenvalue weighted by atomic mass is 35.5. The van der Waals surface area contributed by atoms with Crippen LogP contribution in [0.3, 0.4) is 0 Å². The molecular formula is C18H17ClN2O. The van der Waals surface area contributed by atoms with Gasteiger partial charge in [0.1, 0.15) is 5.70 Å². The van der Waals surface area contributed by atoms with Gasteiger partial charge in [0.05, 0.1) is 0 Å². The fraction of sp³-hybridized carbons (Fsp3) is 0.167. The van der Waals surface area contributed by atoms with E-state index in [0.717, 1.165) is 12.1 Å². The molecule has 4 heteroatoms. The minimum atomic E-state index is -0.0253. The zero-order chi connectivity index (χ0) is 15.5. The minimum absolute atomic E-state index is 0.0253. The van der Waals surface area contributed by atoms with E-state index in [1.807, 2.05) is 59.5 Å². The van der Waals surface area contributed by atoms with Gasteiger partial charge in [-0.05, 0) is 11.6 Å². The van der Waals surface area contributed by atoms with Crippen molar-refractivity contribution in [2.45, 2.75) is 13.0 Å². The van der Waals surface area contributed by atoms with Gasteiger partial charge in [-0.1, -0.05) is 60.1 Å². The molecule has 2 aromatic rings. The third-order valence-electron chi connectivity index (χ3n) is 3.84. The fourth-order valence-electron chi connectivity index (χ4n) is 2.69. The second kappa shape index (κ2) is 6.24. The number of nitrogens with two attached hydrogens (primary N) is 1. The van der Waals surface area contributed by atoms with Gasteiger partial charge < -0.3 is 10.6 Å². The number of carbonyl (C=O) groups excluding carboxylic acids is 1. The smallest absolute Gasteiger partial charge is 0.210 e. The molecular weight excluding hydrogens is 296 g/mol. The lowest BCUT2D eigenvalue weighted by molar-refractivity contribution is 0.0994. The lowest BCUT2D eigenvalue weighted by Crippen LogP contribution is -2.25. The molecule has 0 saturated heterocycles. The molecule has 0 bridgehead atoms. The van der Waals surface area contributed by atoms with Gasteiger partial charge in [-0.25, -0.2) is 0 Å². The summed E-state index contributed by atoms with van der Waals surface area (Å²) in [5.74, 6) is -0.0253. The summed E-state index contributed by atoms with van der Waals surface area (Å²) in [7, 11) is 0. The van der Waals surface area contributed by atoms with Crippen LogP contribution in [0.4, 0.5) is 0 Å². The number of allylic oxidation sites excluding steroid dienone is 1. The van der Waals surface area contributed by atoms with E-state index in [-0.39, 0.29) is 5.78 Å². The van der Waals surface area contributed by atoms with Crippen LogP contribution in [0.15, 0.2) is 66.0 Å². The average molecular weight is 313 g/mol. The molecule has 0 unspecified atom stereocenters. The molecule has 0 spiro atoms. The number of hydrogen-bond donors (Lipinski definition) is 1. The van der Waals surface area contributed by atoms with Crippen LogP contribution >= 0.6 is 11.6 Å². The van der Waals surface area contributed by atoms with Crippen molar-refractivity contribution in [1.29, 1.82) is 0 Å². The number of Topliss-reactive ketones (excluding diaryl/α,β-unsaturated/α-hetero) is 1. The highest BCUT2D eigenvalue weighted by molar-refractivity contribution is 6.31. The Morgan fingerprint density at radius 3 is 2.50 bits per heavy atom. The van der Waals surface area contributed by atoms with Crippen molar-refractivity contribution in [2.24, 2.45) is 5.73 Å². The van der Waals surface area contributed by atoms with Crippen molar-refractivity contribution < 1.29 is 4.79 Å². The number of nitrogens with zero attached hydrogens (tertiary/aromatic N) is 1. The van der Waals surface area contributed by atoms with E-state index in [2.05, 4.69) is 0 Å². The van der Waals surface area contributed by atoms with Gasteiger partial charge in [-0.3, -0.25) is 4.79 Å². The number of carbonyl (C=O) groups is 1. The van der Waals surface area contributed by atoms with Crippen LogP contribution in [0, 0.1) is 0 Å². The first-order chi connectivity index (χ1) is 10.7. The van der Waals surface area contributed by atoms with Crippen molar-refractivity contribution >= 4 is 17.4 Å². The van der Waals surface area contributed by atoms with Crippen LogP contribution in [0.2, 0.25) is 5.02 Å². The predicted molar refractivity (Wildman–Crippen MR) is 88.5 cm³/mol.